The molecule has 0 aliphatic heterocycles. The number of rotatable bonds is 5. The molecule has 0 heterocycles. The normalized spacial score (nSPS) is 11.5. The number of carboxylic acid groups (broad SMARTS) is 1. The molecule has 2 nitrogen and oxygen atoms in total. The van der Waals surface area contributed by atoms with E-state index >= 15 is 0 Å². The van der Waals surface area contributed by atoms with E-state index in [0.29, 0.717) is 12.3 Å². The Kier molecular flexibility index (Phi) is 7.10. The largest absolute Gasteiger partial charge is 0.472 e. The second-order valence-corrected chi connectivity index (χ2v) is 3.41. The van der Waals surface area contributed by atoms with E-state index in [1.54, 1.807) is 0 Å². The van der Waals surface area contributed by atoms with Gasteiger partial charge in [-0.25, -0.2) is 4.79 Å². The Morgan fingerprint density at radius 2 is 2.15 bits per heavy atom. The summed E-state index contributed by atoms with van der Waals surface area (Å²) in [7, 11) is 0. The molecule has 1 unspecified atom stereocenters. The molecule has 0 spiro atoms. The highest BCUT2D eigenvalue weighted by atomic mass is 16.4. The van der Waals surface area contributed by atoms with Gasteiger partial charge in [0, 0.05) is 12.3 Å². The van der Waals surface area contributed by atoms with Gasteiger partial charge in [-0.1, -0.05) is 39.0 Å². The van der Waals surface area contributed by atoms with Crippen LogP contribution in [0.15, 0.2) is 0 Å². The molecule has 1 N–H and O–H groups in total. The smallest absolute Gasteiger partial charge is 0.381 e. The number of carbonyl (C=O) groups is 1. The van der Waals surface area contributed by atoms with Gasteiger partial charge in [0.25, 0.3) is 0 Å². The van der Waals surface area contributed by atoms with Crippen LogP contribution in [0.25, 0.3) is 0 Å². The van der Waals surface area contributed by atoms with Crippen molar-refractivity contribution in [3.8, 4) is 11.8 Å². The summed E-state index contributed by atoms with van der Waals surface area (Å²) < 4.78 is 0. The highest BCUT2D eigenvalue weighted by Crippen LogP contribution is 2.11. The van der Waals surface area contributed by atoms with Crippen LogP contribution in [0, 0.1) is 17.8 Å². The fourth-order valence-corrected chi connectivity index (χ4v) is 1.15. The Morgan fingerprint density at radius 3 is 2.69 bits per heavy atom. The summed E-state index contributed by atoms with van der Waals surface area (Å²) in [5.74, 6) is 4.29. The van der Waals surface area contributed by atoms with E-state index in [4.69, 9.17) is 5.11 Å². The zero-order valence-corrected chi connectivity index (χ0v) is 8.47. The molecular formula is C11H18O2. The van der Waals surface area contributed by atoms with E-state index in [1.807, 2.05) is 0 Å². The first-order valence-corrected chi connectivity index (χ1v) is 4.88. The minimum Gasteiger partial charge on any atom is -0.472 e. The van der Waals surface area contributed by atoms with E-state index in [0.717, 1.165) is 6.42 Å². The first-order chi connectivity index (χ1) is 6.16. The Labute approximate surface area is 80.3 Å². The summed E-state index contributed by atoms with van der Waals surface area (Å²) in [5.41, 5.74) is 0. The van der Waals surface area contributed by atoms with Crippen molar-refractivity contribution in [3.63, 3.8) is 0 Å². The standard InChI is InChI=1S/C11H18O2/c1-3-4-5-7-10(2)8-6-9-11(12)13/h10H,3-5,7-8H2,1-2H3,(H,12,13). The molecule has 0 aromatic carbocycles. The molecule has 0 saturated heterocycles. The summed E-state index contributed by atoms with van der Waals surface area (Å²) in [6.45, 7) is 4.29. The van der Waals surface area contributed by atoms with Gasteiger partial charge in [-0.05, 0) is 12.3 Å². The van der Waals surface area contributed by atoms with Crippen molar-refractivity contribution >= 4 is 5.97 Å². The molecule has 0 radical (unpaired) electrons. The summed E-state index contributed by atoms with van der Waals surface area (Å²) in [4.78, 5) is 10.1. The third-order valence-electron chi connectivity index (χ3n) is 1.95. The summed E-state index contributed by atoms with van der Waals surface area (Å²) in [6.07, 6.45) is 5.58. The molecule has 2 heteroatoms. The van der Waals surface area contributed by atoms with Gasteiger partial charge in [0.2, 0.25) is 0 Å². The first kappa shape index (κ1) is 12.0. The lowest BCUT2D eigenvalue weighted by molar-refractivity contribution is -0.130. The SMILES string of the molecule is CCCCCC(C)CC#CC(=O)O. The minimum atomic E-state index is -1.03. The van der Waals surface area contributed by atoms with Crippen LogP contribution in [-0.4, -0.2) is 11.1 Å². The van der Waals surface area contributed by atoms with Gasteiger partial charge in [-0.3, -0.25) is 0 Å². The zero-order valence-electron chi connectivity index (χ0n) is 8.47. The van der Waals surface area contributed by atoms with Crippen molar-refractivity contribution in [1.29, 1.82) is 0 Å². The minimum absolute atomic E-state index is 0.526. The van der Waals surface area contributed by atoms with E-state index < -0.39 is 5.97 Å². The van der Waals surface area contributed by atoms with E-state index in [9.17, 15) is 4.79 Å². The van der Waals surface area contributed by atoms with Crippen molar-refractivity contribution in [2.24, 2.45) is 5.92 Å². The molecule has 0 aromatic heterocycles. The lowest BCUT2D eigenvalue weighted by Gasteiger charge is -2.05. The van der Waals surface area contributed by atoms with E-state index in [1.165, 1.54) is 19.3 Å². The van der Waals surface area contributed by atoms with Crippen molar-refractivity contribution in [1.82, 2.24) is 0 Å². The van der Waals surface area contributed by atoms with Gasteiger partial charge in [0.15, 0.2) is 0 Å². The first-order valence-electron chi connectivity index (χ1n) is 4.88. The molecule has 0 aliphatic carbocycles. The van der Waals surface area contributed by atoms with Crippen LogP contribution in [0.4, 0.5) is 0 Å². The van der Waals surface area contributed by atoms with Gasteiger partial charge >= 0.3 is 5.97 Å². The summed E-state index contributed by atoms with van der Waals surface area (Å²) in [6, 6.07) is 0. The van der Waals surface area contributed by atoms with Crippen molar-refractivity contribution in [2.45, 2.75) is 46.0 Å². The molecule has 0 rings (SSSR count). The van der Waals surface area contributed by atoms with Gasteiger partial charge in [-0.2, -0.15) is 0 Å². The predicted molar refractivity (Wildman–Crippen MR) is 53.3 cm³/mol. The van der Waals surface area contributed by atoms with Crippen LogP contribution < -0.4 is 0 Å². The Hall–Kier alpha value is -0.970. The van der Waals surface area contributed by atoms with Crippen LogP contribution in [0.5, 0.6) is 0 Å². The van der Waals surface area contributed by atoms with Crippen LogP contribution in [0.2, 0.25) is 0 Å². The van der Waals surface area contributed by atoms with Crippen molar-refractivity contribution in [3.05, 3.63) is 0 Å². The number of hydrogen-bond donors (Lipinski definition) is 1. The van der Waals surface area contributed by atoms with Gasteiger partial charge < -0.3 is 5.11 Å². The zero-order chi connectivity index (χ0) is 10.1. The summed E-state index contributed by atoms with van der Waals surface area (Å²) in [5, 5.41) is 8.27. The van der Waals surface area contributed by atoms with Gasteiger partial charge in [-0.15, -0.1) is 0 Å². The maximum Gasteiger partial charge on any atom is 0.381 e. The highest BCUT2D eigenvalue weighted by molar-refractivity contribution is 5.86. The quantitative estimate of drug-likeness (QED) is 0.524. The maximum absolute atomic E-state index is 10.1. The second-order valence-electron chi connectivity index (χ2n) is 3.41. The van der Waals surface area contributed by atoms with Gasteiger partial charge in [0.05, 0.1) is 0 Å². The lowest BCUT2D eigenvalue weighted by Crippen LogP contribution is -1.94. The molecule has 1 atom stereocenters. The third kappa shape index (κ3) is 8.94. The Bertz CT molecular complexity index is 198. The fraction of sp³-hybridized carbons (Fsp3) is 0.727. The number of carboxylic acids is 1. The number of hydrogen-bond acceptors (Lipinski definition) is 1. The molecule has 0 aliphatic rings. The number of aliphatic carboxylic acids is 1. The van der Waals surface area contributed by atoms with E-state index in [2.05, 4.69) is 25.7 Å². The van der Waals surface area contributed by atoms with Crippen LogP contribution in [-0.2, 0) is 4.79 Å². The topological polar surface area (TPSA) is 37.3 Å². The van der Waals surface area contributed by atoms with Gasteiger partial charge in [0.1, 0.15) is 0 Å². The maximum atomic E-state index is 10.1. The van der Waals surface area contributed by atoms with Crippen molar-refractivity contribution < 1.29 is 9.90 Å². The molecule has 0 amide bonds. The molecule has 0 aromatic rings. The molecular weight excluding hydrogens is 164 g/mol. The average molecular weight is 182 g/mol. The van der Waals surface area contributed by atoms with Crippen LogP contribution >= 0.6 is 0 Å². The molecule has 74 valence electrons. The molecule has 0 bridgehead atoms. The lowest BCUT2D eigenvalue weighted by atomic mass is 10.0. The molecule has 13 heavy (non-hydrogen) atoms. The Balaban J connectivity index is 3.47. The molecule has 0 fully saturated rings. The monoisotopic (exact) mass is 182 g/mol. The van der Waals surface area contributed by atoms with Crippen LogP contribution in [0.1, 0.15) is 46.0 Å². The fourth-order valence-electron chi connectivity index (χ4n) is 1.15. The second kappa shape index (κ2) is 7.67. The highest BCUT2D eigenvalue weighted by Gasteiger charge is 1.98. The molecule has 0 saturated carbocycles. The van der Waals surface area contributed by atoms with Crippen LogP contribution in [0.3, 0.4) is 0 Å². The average Bonchev–Trinajstić information content (AvgIpc) is 2.04. The number of unbranched alkanes of at least 4 members (excludes halogenated alkanes) is 2. The predicted octanol–water partition coefficient (Wildman–Crippen LogP) is 2.68. The van der Waals surface area contributed by atoms with E-state index in [-0.39, 0.29) is 0 Å². The summed E-state index contributed by atoms with van der Waals surface area (Å²) >= 11 is 0. The Morgan fingerprint density at radius 1 is 1.46 bits per heavy atom. The third-order valence-corrected chi connectivity index (χ3v) is 1.95. The van der Waals surface area contributed by atoms with Crippen molar-refractivity contribution in [2.75, 3.05) is 0 Å².